The zero-order chi connectivity index (χ0) is 11.7. The van der Waals surface area contributed by atoms with Crippen molar-refractivity contribution in [1.29, 1.82) is 0 Å². The molecule has 0 saturated heterocycles. The molecule has 0 rings (SSSR count). The van der Waals surface area contributed by atoms with Gasteiger partial charge in [-0.3, -0.25) is 4.57 Å². The molecule has 15 heavy (non-hydrogen) atoms. The van der Waals surface area contributed by atoms with Gasteiger partial charge in [0.25, 0.3) is 0 Å². The Morgan fingerprint density at radius 2 is 1.87 bits per heavy atom. The number of aliphatic hydroxyl groups is 1. The van der Waals surface area contributed by atoms with Crippen LogP contribution in [0.25, 0.3) is 0 Å². The lowest BCUT2D eigenvalue weighted by Crippen LogP contribution is -1.98. The monoisotopic (exact) mass is 236 g/mol. The fourth-order valence-electron chi connectivity index (χ4n) is 0.980. The van der Waals surface area contributed by atoms with Gasteiger partial charge < -0.3 is 14.2 Å². The standard InChI is InChI=1S/C10H21O4P/c1-4-13-15(12,14-5-2)8-6-7-10(3)9-11/h6,8,10-11H,4-5,7,9H2,1-3H3. The van der Waals surface area contributed by atoms with Gasteiger partial charge in [0.1, 0.15) is 0 Å². The molecule has 1 atom stereocenters. The molecular formula is C10H21O4P. The van der Waals surface area contributed by atoms with E-state index in [1.54, 1.807) is 19.9 Å². The highest BCUT2D eigenvalue weighted by Gasteiger charge is 2.18. The van der Waals surface area contributed by atoms with E-state index in [1.165, 1.54) is 5.82 Å². The van der Waals surface area contributed by atoms with E-state index in [0.29, 0.717) is 19.6 Å². The summed E-state index contributed by atoms with van der Waals surface area (Å²) >= 11 is 0. The third-order valence-electron chi connectivity index (χ3n) is 1.76. The van der Waals surface area contributed by atoms with Gasteiger partial charge in [-0.1, -0.05) is 13.0 Å². The molecule has 0 aromatic heterocycles. The Labute approximate surface area is 91.8 Å². The summed E-state index contributed by atoms with van der Waals surface area (Å²) in [7, 11) is -3.05. The Bertz CT molecular complexity index is 217. The van der Waals surface area contributed by atoms with Crippen LogP contribution in [0, 0.1) is 5.92 Å². The van der Waals surface area contributed by atoms with Crippen molar-refractivity contribution in [2.75, 3.05) is 19.8 Å². The number of allylic oxidation sites excluding steroid dienone is 1. The molecule has 0 radical (unpaired) electrons. The normalized spacial score (nSPS) is 14.7. The lowest BCUT2D eigenvalue weighted by molar-refractivity contribution is 0.228. The second kappa shape index (κ2) is 8.05. The van der Waals surface area contributed by atoms with Gasteiger partial charge in [0.2, 0.25) is 0 Å². The van der Waals surface area contributed by atoms with Crippen molar-refractivity contribution in [2.24, 2.45) is 5.92 Å². The molecular weight excluding hydrogens is 215 g/mol. The van der Waals surface area contributed by atoms with Gasteiger partial charge in [0, 0.05) is 12.4 Å². The first kappa shape index (κ1) is 14.8. The van der Waals surface area contributed by atoms with Crippen LogP contribution in [-0.4, -0.2) is 24.9 Å². The van der Waals surface area contributed by atoms with Crippen molar-refractivity contribution < 1.29 is 18.7 Å². The minimum Gasteiger partial charge on any atom is -0.396 e. The third kappa shape index (κ3) is 6.85. The molecule has 0 aliphatic heterocycles. The van der Waals surface area contributed by atoms with E-state index in [-0.39, 0.29) is 12.5 Å². The Kier molecular flexibility index (Phi) is 7.97. The molecule has 90 valence electrons. The van der Waals surface area contributed by atoms with Crippen molar-refractivity contribution in [3.05, 3.63) is 11.9 Å². The quantitative estimate of drug-likeness (QED) is 0.658. The van der Waals surface area contributed by atoms with Crippen LogP contribution in [0.5, 0.6) is 0 Å². The van der Waals surface area contributed by atoms with Crippen LogP contribution in [0.2, 0.25) is 0 Å². The minimum atomic E-state index is -3.05. The number of rotatable bonds is 8. The van der Waals surface area contributed by atoms with Gasteiger partial charge in [-0.05, 0) is 26.2 Å². The van der Waals surface area contributed by atoms with E-state index in [0.717, 1.165) is 0 Å². The molecule has 0 bridgehead atoms. The molecule has 0 spiro atoms. The van der Waals surface area contributed by atoms with Crippen LogP contribution in [-0.2, 0) is 13.6 Å². The van der Waals surface area contributed by atoms with E-state index < -0.39 is 7.60 Å². The van der Waals surface area contributed by atoms with Crippen LogP contribution in [0.3, 0.4) is 0 Å². The summed E-state index contributed by atoms with van der Waals surface area (Å²) in [6, 6.07) is 0. The Hall–Kier alpha value is -0.150. The SMILES string of the molecule is CCOP(=O)(C=CCC(C)CO)OCC. The first-order valence-corrected chi connectivity index (χ1v) is 6.86. The predicted molar refractivity (Wildman–Crippen MR) is 60.9 cm³/mol. The van der Waals surface area contributed by atoms with E-state index in [1.807, 2.05) is 6.92 Å². The molecule has 0 aromatic carbocycles. The molecule has 0 amide bonds. The molecule has 0 fully saturated rings. The fourth-order valence-corrected chi connectivity index (χ4v) is 2.33. The maximum atomic E-state index is 11.9. The average Bonchev–Trinajstić information content (AvgIpc) is 2.18. The average molecular weight is 236 g/mol. The number of hydrogen-bond acceptors (Lipinski definition) is 4. The second-order valence-corrected chi connectivity index (χ2v) is 5.18. The Morgan fingerprint density at radius 3 is 2.27 bits per heavy atom. The lowest BCUT2D eigenvalue weighted by atomic mass is 10.1. The molecule has 0 saturated carbocycles. The van der Waals surface area contributed by atoms with Crippen LogP contribution < -0.4 is 0 Å². The van der Waals surface area contributed by atoms with Crippen molar-refractivity contribution in [2.45, 2.75) is 27.2 Å². The summed E-state index contributed by atoms with van der Waals surface area (Å²) < 4.78 is 22.0. The van der Waals surface area contributed by atoms with Gasteiger partial charge in [0.15, 0.2) is 0 Å². The van der Waals surface area contributed by atoms with Crippen LogP contribution >= 0.6 is 7.60 Å². The van der Waals surface area contributed by atoms with E-state index >= 15 is 0 Å². The van der Waals surface area contributed by atoms with Crippen molar-refractivity contribution in [1.82, 2.24) is 0 Å². The molecule has 0 aliphatic carbocycles. The Balaban J connectivity index is 4.21. The summed E-state index contributed by atoms with van der Waals surface area (Å²) in [5, 5.41) is 8.81. The maximum Gasteiger partial charge on any atom is 0.353 e. The van der Waals surface area contributed by atoms with Gasteiger partial charge in [0.05, 0.1) is 13.2 Å². The molecule has 5 heteroatoms. The van der Waals surface area contributed by atoms with Gasteiger partial charge in [-0.15, -0.1) is 0 Å². The van der Waals surface area contributed by atoms with Crippen LogP contribution in [0.1, 0.15) is 27.2 Å². The fraction of sp³-hybridized carbons (Fsp3) is 0.800. The maximum absolute atomic E-state index is 11.9. The molecule has 1 unspecified atom stereocenters. The highest BCUT2D eigenvalue weighted by molar-refractivity contribution is 7.57. The van der Waals surface area contributed by atoms with E-state index in [2.05, 4.69) is 0 Å². The Morgan fingerprint density at radius 1 is 1.33 bits per heavy atom. The summed E-state index contributed by atoms with van der Waals surface area (Å²) in [4.78, 5) is 0. The summed E-state index contributed by atoms with van der Waals surface area (Å²) in [6.07, 6.45) is 2.41. The van der Waals surface area contributed by atoms with Crippen LogP contribution in [0.4, 0.5) is 0 Å². The summed E-state index contributed by atoms with van der Waals surface area (Å²) in [5.41, 5.74) is 0. The predicted octanol–water partition coefficient (Wildman–Crippen LogP) is 2.78. The number of aliphatic hydroxyl groups excluding tert-OH is 1. The zero-order valence-corrected chi connectivity index (χ0v) is 10.6. The van der Waals surface area contributed by atoms with Crippen molar-refractivity contribution in [3.8, 4) is 0 Å². The summed E-state index contributed by atoms with van der Waals surface area (Å²) in [5.74, 6) is 1.64. The van der Waals surface area contributed by atoms with Crippen molar-refractivity contribution in [3.63, 3.8) is 0 Å². The topological polar surface area (TPSA) is 55.8 Å². The molecule has 0 heterocycles. The smallest absolute Gasteiger partial charge is 0.353 e. The third-order valence-corrected chi connectivity index (χ3v) is 3.57. The lowest BCUT2D eigenvalue weighted by Gasteiger charge is -2.12. The van der Waals surface area contributed by atoms with Crippen molar-refractivity contribution >= 4 is 7.60 Å². The van der Waals surface area contributed by atoms with Gasteiger partial charge >= 0.3 is 7.60 Å². The first-order chi connectivity index (χ1) is 7.08. The molecule has 4 nitrogen and oxygen atoms in total. The van der Waals surface area contributed by atoms with E-state index in [4.69, 9.17) is 14.2 Å². The molecule has 0 aliphatic rings. The highest BCUT2D eigenvalue weighted by Crippen LogP contribution is 2.49. The van der Waals surface area contributed by atoms with Gasteiger partial charge in [-0.25, -0.2) is 0 Å². The molecule has 1 N–H and O–H groups in total. The highest BCUT2D eigenvalue weighted by atomic mass is 31.2. The minimum absolute atomic E-state index is 0.123. The molecule has 0 aromatic rings. The largest absolute Gasteiger partial charge is 0.396 e. The second-order valence-electron chi connectivity index (χ2n) is 3.28. The first-order valence-electron chi connectivity index (χ1n) is 5.25. The van der Waals surface area contributed by atoms with E-state index in [9.17, 15) is 4.57 Å². The summed E-state index contributed by atoms with van der Waals surface area (Å²) in [6.45, 7) is 6.30. The van der Waals surface area contributed by atoms with Gasteiger partial charge in [-0.2, -0.15) is 0 Å². The van der Waals surface area contributed by atoms with Crippen LogP contribution in [0.15, 0.2) is 11.9 Å². The number of hydrogen-bond donors (Lipinski definition) is 1. The zero-order valence-electron chi connectivity index (χ0n) is 9.68.